The molecule has 1 N–H and O–H groups in total. The number of fused-ring (bicyclic) bond motifs is 1. The van der Waals surface area contributed by atoms with Crippen LogP contribution in [0.4, 0.5) is 5.13 Å². The smallest absolute Gasteiger partial charge is 0.263 e. The fraction of sp³-hybridized carbons (Fsp3) is 0.0714. The Kier molecular flexibility index (Phi) is 3.41. The highest BCUT2D eigenvalue weighted by molar-refractivity contribution is 7.22. The molecule has 0 aliphatic carbocycles. The molecule has 7 heteroatoms. The summed E-state index contributed by atoms with van der Waals surface area (Å²) >= 11 is 1.35. The van der Waals surface area contributed by atoms with Gasteiger partial charge < -0.3 is 9.94 Å². The van der Waals surface area contributed by atoms with Gasteiger partial charge in [0.25, 0.3) is 5.91 Å². The molecule has 2 heterocycles. The standard InChI is InChI=1S/C14H11N3O3S/c1-20-10-4-5-11-12(7-10)21-14(15-11)16-13(18)9-3-2-6-17(19)8-9/h2-8H,1H3,(H,15,16,18). The maximum atomic E-state index is 12.0. The van der Waals surface area contributed by atoms with Crippen molar-refractivity contribution in [3.05, 3.63) is 53.5 Å². The van der Waals surface area contributed by atoms with Crippen LogP contribution in [0.5, 0.6) is 5.75 Å². The van der Waals surface area contributed by atoms with Crippen LogP contribution in [0.1, 0.15) is 10.4 Å². The molecule has 0 spiro atoms. The summed E-state index contributed by atoms with van der Waals surface area (Å²) in [6.45, 7) is 0. The summed E-state index contributed by atoms with van der Waals surface area (Å²) in [6, 6.07) is 8.58. The molecular weight excluding hydrogens is 290 g/mol. The fourth-order valence-electron chi connectivity index (χ4n) is 1.84. The number of carbonyl (C=O) groups is 1. The van der Waals surface area contributed by atoms with Crippen LogP contribution in [0.15, 0.2) is 42.7 Å². The minimum absolute atomic E-state index is 0.282. The molecule has 106 valence electrons. The van der Waals surface area contributed by atoms with E-state index in [1.807, 2.05) is 18.2 Å². The van der Waals surface area contributed by atoms with Crippen molar-refractivity contribution >= 4 is 32.6 Å². The van der Waals surface area contributed by atoms with Gasteiger partial charge in [0.2, 0.25) is 0 Å². The van der Waals surface area contributed by atoms with Gasteiger partial charge in [-0.25, -0.2) is 4.98 Å². The summed E-state index contributed by atoms with van der Waals surface area (Å²) in [6.07, 6.45) is 2.53. The van der Waals surface area contributed by atoms with Crippen LogP contribution in [-0.2, 0) is 0 Å². The van der Waals surface area contributed by atoms with Crippen LogP contribution in [0.3, 0.4) is 0 Å². The van der Waals surface area contributed by atoms with Gasteiger partial charge in [-0.2, -0.15) is 4.73 Å². The number of hydrogen-bond acceptors (Lipinski definition) is 5. The van der Waals surface area contributed by atoms with Crippen molar-refractivity contribution in [2.24, 2.45) is 0 Å². The zero-order valence-corrected chi connectivity index (χ0v) is 11.9. The van der Waals surface area contributed by atoms with Gasteiger partial charge in [0.1, 0.15) is 11.3 Å². The van der Waals surface area contributed by atoms with Gasteiger partial charge in [-0.15, -0.1) is 0 Å². The summed E-state index contributed by atoms with van der Waals surface area (Å²) in [7, 11) is 1.60. The predicted molar refractivity (Wildman–Crippen MR) is 79.5 cm³/mol. The molecule has 0 fully saturated rings. The zero-order valence-electron chi connectivity index (χ0n) is 11.1. The lowest BCUT2D eigenvalue weighted by atomic mass is 10.3. The first-order chi connectivity index (χ1) is 10.2. The first kappa shape index (κ1) is 13.3. The van der Waals surface area contributed by atoms with Crippen molar-refractivity contribution in [1.29, 1.82) is 0 Å². The molecule has 0 unspecified atom stereocenters. The Morgan fingerprint density at radius 3 is 3.05 bits per heavy atom. The zero-order chi connectivity index (χ0) is 14.8. The molecular formula is C14H11N3O3S. The van der Waals surface area contributed by atoms with Gasteiger partial charge in [0.05, 0.1) is 17.3 Å². The molecule has 3 rings (SSSR count). The van der Waals surface area contributed by atoms with Gasteiger partial charge in [-0.1, -0.05) is 11.3 Å². The third-order valence-electron chi connectivity index (χ3n) is 2.85. The highest BCUT2D eigenvalue weighted by atomic mass is 32.1. The Morgan fingerprint density at radius 1 is 1.43 bits per heavy atom. The molecule has 1 aromatic carbocycles. The lowest BCUT2D eigenvalue weighted by molar-refractivity contribution is -0.605. The van der Waals surface area contributed by atoms with E-state index in [0.717, 1.165) is 16.0 Å². The number of carbonyl (C=O) groups excluding carboxylic acids is 1. The van der Waals surface area contributed by atoms with E-state index in [1.54, 1.807) is 13.2 Å². The maximum absolute atomic E-state index is 12.0. The van der Waals surface area contributed by atoms with Gasteiger partial charge in [-0.3, -0.25) is 10.1 Å². The first-order valence-corrected chi connectivity index (χ1v) is 6.92. The Morgan fingerprint density at radius 2 is 2.29 bits per heavy atom. The summed E-state index contributed by atoms with van der Waals surface area (Å²) in [5.74, 6) is 0.366. The molecule has 0 aliphatic rings. The molecule has 2 aromatic heterocycles. The number of anilines is 1. The molecule has 6 nitrogen and oxygen atoms in total. The van der Waals surface area contributed by atoms with Crippen molar-refractivity contribution in [3.8, 4) is 5.75 Å². The number of nitrogens with zero attached hydrogens (tertiary/aromatic N) is 2. The summed E-state index contributed by atoms with van der Waals surface area (Å²) in [5.41, 5.74) is 1.06. The third-order valence-corrected chi connectivity index (χ3v) is 3.79. The largest absolute Gasteiger partial charge is 0.619 e. The molecule has 0 saturated heterocycles. The molecule has 3 aromatic rings. The average molecular weight is 301 g/mol. The van der Waals surface area contributed by atoms with E-state index in [1.165, 1.54) is 29.8 Å². The van der Waals surface area contributed by atoms with Crippen LogP contribution in [0.2, 0.25) is 0 Å². The van der Waals surface area contributed by atoms with Crippen molar-refractivity contribution in [2.45, 2.75) is 0 Å². The Hall–Kier alpha value is -2.67. The highest BCUT2D eigenvalue weighted by Gasteiger charge is 2.12. The number of benzene rings is 1. The van der Waals surface area contributed by atoms with Crippen LogP contribution in [0, 0.1) is 5.21 Å². The number of pyridine rings is 1. The second-order valence-electron chi connectivity index (χ2n) is 4.26. The SMILES string of the molecule is COc1ccc2nc(NC(=O)c3ccc[n+]([O-])c3)sc2c1. The number of ether oxygens (including phenoxy) is 1. The van der Waals surface area contributed by atoms with E-state index >= 15 is 0 Å². The molecule has 0 saturated carbocycles. The molecule has 1 amide bonds. The Labute approximate surface area is 124 Å². The van der Waals surface area contributed by atoms with Crippen LogP contribution >= 0.6 is 11.3 Å². The summed E-state index contributed by atoms with van der Waals surface area (Å²) in [5, 5.41) is 14.3. The van der Waals surface area contributed by atoms with Crippen LogP contribution < -0.4 is 14.8 Å². The second-order valence-corrected chi connectivity index (χ2v) is 5.29. The lowest BCUT2D eigenvalue weighted by Gasteiger charge is -2.01. The number of hydrogen-bond donors (Lipinski definition) is 1. The predicted octanol–water partition coefficient (Wildman–Crippen LogP) is 2.19. The van der Waals surface area contributed by atoms with Gasteiger partial charge in [-0.05, 0) is 24.3 Å². The topological polar surface area (TPSA) is 78.2 Å². The first-order valence-electron chi connectivity index (χ1n) is 6.10. The van der Waals surface area contributed by atoms with Gasteiger partial charge in [0, 0.05) is 6.07 Å². The van der Waals surface area contributed by atoms with E-state index in [-0.39, 0.29) is 11.5 Å². The molecule has 0 bridgehead atoms. The van der Waals surface area contributed by atoms with E-state index < -0.39 is 0 Å². The van der Waals surface area contributed by atoms with E-state index in [9.17, 15) is 10.0 Å². The van der Waals surface area contributed by atoms with E-state index in [0.29, 0.717) is 9.86 Å². The number of methoxy groups -OCH3 is 1. The number of thiazole rings is 1. The summed E-state index contributed by atoms with van der Waals surface area (Å²) < 4.78 is 6.64. The van der Waals surface area contributed by atoms with Crippen LogP contribution in [-0.4, -0.2) is 18.0 Å². The number of rotatable bonds is 3. The van der Waals surface area contributed by atoms with Crippen molar-refractivity contribution in [2.75, 3.05) is 12.4 Å². The molecule has 21 heavy (non-hydrogen) atoms. The monoisotopic (exact) mass is 301 g/mol. The van der Waals surface area contributed by atoms with Crippen LogP contribution in [0.25, 0.3) is 10.2 Å². The van der Waals surface area contributed by atoms with Crippen molar-refractivity contribution < 1.29 is 14.3 Å². The van der Waals surface area contributed by atoms with Gasteiger partial charge >= 0.3 is 0 Å². The Bertz CT molecular complexity index is 816. The minimum atomic E-state index is -0.369. The lowest BCUT2D eigenvalue weighted by Crippen LogP contribution is -2.27. The summed E-state index contributed by atoms with van der Waals surface area (Å²) in [4.78, 5) is 16.4. The molecule has 0 aliphatic heterocycles. The van der Waals surface area contributed by atoms with Crippen molar-refractivity contribution in [1.82, 2.24) is 4.98 Å². The maximum Gasteiger partial charge on any atom is 0.263 e. The molecule has 0 radical (unpaired) electrons. The van der Waals surface area contributed by atoms with E-state index in [4.69, 9.17) is 4.74 Å². The quantitative estimate of drug-likeness (QED) is 0.594. The molecule has 0 atom stereocenters. The third kappa shape index (κ3) is 2.77. The normalized spacial score (nSPS) is 10.5. The number of nitrogens with one attached hydrogen (secondary N) is 1. The van der Waals surface area contributed by atoms with Gasteiger partial charge in [0.15, 0.2) is 17.5 Å². The average Bonchev–Trinajstić information content (AvgIpc) is 2.88. The minimum Gasteiger partial charge on any atom is -0.619 e. The number of amides is 1. The highest BCUT2D eigenvalue weighted by Crippen LogP contribution is 2.29. The fourth-order valence-corrected chi connectivity index (χ4v) is 2.73. The number of aromatic nitrogens is 2. The van der Waals surface area contributed by atoms with Crippen molar-refractivity contribution in [3.63, 3.8) is 0 Å². The second kappa shape index (κ2) is 5.37. The Balaban J connectivity index is 1.86. The van der Waals surface area contributed by atoms with E-state index in [2.05, 4.69) is 10.3 Å².